The van der Waals surface area contributed by atoms with E-state index in [2.05, 4.69) is 4.98 Å². The van der Waals surface area contributed by atoms with Crippen molar-refractivity contribution in [2.24, 2.45) is 0 Å². The van der Waals surface area contributed by atoms with E-state index >= 15 is 0 Å². The van der Waals surface area contributed by atoms with Crippen LogP contribution in [0.15, 0.2) is 47.9 Å². The minimum Gasteiger partial charge on any atom is -0.306 e. The molecule has 1 fully saturated rings. The fourth-order valence-corrected chi connectivity index (χ4v) is 3.46. The summed E-state index contributed by atoms with van der Waals surface area (Å²) in [4.78, 5) is 18.5. The third kappa shape index (κ3) is 2.77. The first-order chi connectivity index (χ1) is 10.2. The van der Waals surface area contributed by atoms with Crippen molar-refractivity contribution in [3.05, 3.63) is 53.5 Å². The summed E-state index contributed by atoms with van der Waals surface area (Å²) in [6.45, 7) is 2.54. The number of thiocarbonyl (C=S) groups is 1. The molecule has 0 aliphatic carbocycles. The van der Waals surface area contributed by atoms with E-state index in [0.29, 0.717) is 15.8 Å². The zero-order valence-corrected chi connectivity index (χ0v) is 13.0. The summed E-state index contributed by atoms with van der Waals surface area (Å²) in [7, 11) is 0. The maximum atomic E-state index is 12.1. The molecule has 0 bridgehead atoms. The van der Waals surface area contributed by atoms with Crippen LogP contribution in [-0.4, -0.2) is 31.2 Å². The lowest BCUT2D eigenvalue weighted by Crippen LogP contribution is -2.27. The van der Waals surface area contributed by atoms with Crippen molar-refractivity contribution in [2.75, 3.05) is 6.54 Å². The quantitative estimate of drug-likeness (QED) is 0.644. The highest BCUT2D eigenvalue weighted by Crippen LogP contribution is 2.32. The SMILES string of the molecule is CCN1C(=O)/C(=C\c2ccc(-n3ccnc3)cc2)SC1=S. The van der Waals surface area contributed by atoms with Crippen LogP contribution in [0.3, 0.4) is 0 Å². The molecular weight excluding hydrogens is 302 g/mol. The fourth-order valence-electron chi connectivity index (χ4n) is 2.08. The zero-order valence-electron chi connectivity index (χ0n) is 11.4. The van der Waals surface area contributed by atoms with Crippen LogP contribution in [0.4, 0.5) is 0 Å². The Kier molecular flexibility index (Phi) is 3.90. The Bertz CT molecular complexity index is 705. The number of carbonyl (C=O) groups excluding carboxylic acids is 1. The number of hydrogen-bond acceptors (Lipinski definition) is 4. The summed E-state index contributed by atoms with van der Waals surface area (Å²) < 4.78 is 2.56. The molecule has 2 aromatic rings. The predicted octanol–water partition coefficient (Wildman–Crippen LogP) is 3.09. The van der Waals surface area contributed by atoms with Gasteiger partial charge in [0.2, 0.25) is 0 Å². The molecule has 6 heteroatoms. The number of likely N-dealkylation sites (N-methyl/N-ethyl adjacent to an activating group) is 1. The minimum absolute atomic E-state index is 0.00816. The molecule has 106 valence electrons. The molecule has 1 aromatic carbocycles. The second-order valence-corrected chi connectivity index (χ2v) is 6.16. The van der Waals surface area contributed by atoms with Gasteiger partial charge in [-0.2, -0.15) is 0 Å². The van der Waals surface area contributed by atoms with Gasteiger partial charge in [0.25, 0.3) is 5.91 Å². The van der Waals surface area contributed by atoms with Crippen molar-refractivity contribution in [3.8, 4) is 5.69 Å². The highest BCUT2D eigenvalue weighted by atomic mass is 32.2. The van der Waals surface area contributed by atoms with Crippen LogP contribution in [-0.2, 0) is 4.79 Å². The summed E-state index contributed by atoms with van der Waals surface area (Å²) in [5, 5.41) is 0. The van der Waals surface area contributed by atoms with E-state index < -0.39 is 0 Å². The third-order valence-corrected chi connectivity index (χ3v) is 4.56. The molecule has 21 heavy (non-hydrogen) atoms. The average molecular weight is 315 g/mol. The van der Waals surface area contributed by atoms with Crippen molar-refractivity contribution < 1.29 is 4.79 Å². The first kappa shape index (κ1) is 14.0. The number of benzene rings is 1. The third-order valence-electron chi connectivity index (χ3n) is 3.18. The van der Waals surface area contributed by atoms with Crippen LogP contribution in [0.5, 0.6) is 0 Å². The van der Waals surface area contributed by atoms with Crippen LogP contribution in [0.25, 0.3) is 11.8 Å². The Morgan fingerprint density at radius 3 is 2.67 bits per heavy atom. The molecule has 1 aliphatic rings. The lowest BCUT2D eigenvalue weighted by molar-refractivity contribution is -0.121. The van der Waals surface area contributed by atoms with Gasteiger partial charge in [0.15, 0.2) is 0 Å². The summed E-state index contributed by atoms with van der Waals surface area (Å²) in [5.41, 5.74) is 2.02. The Morgan fingerprint density at radius 2 is 2.10 bits per heavy atom. The Labute approximate surface area is 132 Å². The zero-order chi connectivity index (χ0) is 14.8. The number of carbonyl (C=O) groups is 1. The molecule has 0 saturated carbocycles. The van der Waals surface area contributed by atoms with Crippen molar-refractivity contribution >= 4 is 40.3 Å². The molecule has 1 aromatic heterocycles. The molecule has 0 atom stereocenters. The van der Waals surface area contributed by atoms with Crippen LogP contribution in [0.1, 0.15) is 12.5 Å². The maximum absolute atomic E-state index is 12.1. The maximum Gasteiger partial charge on any atom is 0.266 e. The molecule has 4 nitrogen and oxygen atoms in total. The largest absolute Gasteiger partial charge is 0.306 e. The normalized spacial score (nSPS) is 17.0. The Morgan fingerprint density at radius 1 is 1.33 bits per heavy atom. The van der Waals surface area contributed by atoms with Crippen LogP contribution in [0.2, 0.25) is 0 Å². The van der Waals surface area contributed by atoms with Gasteiger partial charge in [-0.3, -0.25) is 9.69 Å². The highest BCUT2D eigenvalue weighted by Gasteiger charge is 2.30. The lowest BCUT2D eigenvalue weighted by atomic mass is 10.2. The van der Waals surface area contributed by atoms with Crippen LogP contribution < -0.4 is 0 Å². The molecule has 2 heterocycles. The van der Waals surface area contributed by atoms with Gasteiger partial charge in [-0.1, -0.05) is 36.1 Å². The fraction of sp³-hybridized carbons (Fsp3) is 0.133. The topological polar surface area (TPSA) is 38.1 Å². The first-order valence-corrected chi connectivity index (χ1v) is 7.75. The molecule has 0 N–H and O–H groups in total. The second kappa shape index (κ2) is 5.83. The number of hydrogen-bond donors (Lipinski definition) is 0. The number of nitrogens with zero attached hydrogens (tertiary/aromatic N) is 3. The van der Waals surface area contributed by atoms with E-state index in [9.17, 15) is 4.79 Å². The van der Waals surface area contributed by atoms with Crippen molar-refractivity contribution in [2.45, 2.75) is 6.92 Å². The standard InChI is InChI=1S/C15H13N3OS2/c1-2-18-14(19)13(21-15(18)20)9-11-3-5-12(6-4-11)17-8-7-16-10-17/h3-10H,2H2,1H3/b13-9+. The van der Waals surface area contributed by atoms with E-state index in [4.69, 9.17) is 12.2 Å². The number of rotatable bonds is 3. The molecule has 0 unspecified atom stereocenters. The highest BCUT2D eigenvalue weighted by molar-refractivity contribution is 8.26. The molecule has 1 amide bonds. The van der Waals surface area contributed by atoms with Gasteiger partial charge >= 0.3 is 0 Å². The molecule has 3 rings (SSSR count). The van der Waals surface area contributed by atoms with E-state index in [1.54, 1.807) is 17.4 Å². The van der Waals surface area contributed by atoms with E-state index in [0.717, 1.165) is 11.3 Å². The van der Waals surface area contributed by atoms with E-state index in [-0.39, 0.29) is 5.91 Å². The number of amides is 1. The molecule has 0 radical (unpaired) electrons. The Hall–Kier alpha value is -1.92. The van der Waals surface area contributed by atoms with Crippen LogP contribution in [0, 0.1) is 0 Å². The van der Waals surface area contributed by atoms with Gasteiger partial charge in [-0.25, -0.2) is 4.98 Å². The smallest absolute Gasteiger partial charge is 0.266 e. The van der Waals surface area contributed by atoms with Crippen molar-refractivity contribution in [1.82, 2.24) is 14.5 Å². The van der Waals surface area contributed by atoms with E-state index in [1.165, 1.54) is 11.8 Å². The van der Waals surface area contributed by atoms with Gasteiger partial charge in [0, 0.05) is 24.6 Å². The summed E-state index contributed by atoms with van der Waals surface area (Å²) in [6.07, 6.45) is 7.26. The van der Waals surface area contributed by atoms with Gasteiger partial charge in [-0.15, -0.1) is 0 Å². The van der Waals surface area contributed by atoms with Crippen molar-refractivity contribution in [1.29, 1.82) is 0 Å². The number of thioether (sulfide) groups is 1. The van der Waals surface area contributed by atoms with Crippen LogP contribution >= 0.6 is 24.0 Å². The molecular formula is C15H13N3OS2. The van der Waals surface area contributed by atoms with Crippen molar-refractivity contribution in [3.63, 3.8) is 0 Å². The number of aromatic nitrogens is 2. The Balaban J connectivity index is 1.84. The minimum atomic E-state index is -0.00816. The monoisotopic (exact) mass is 315 g/mol. The summed E-state index contributed by atoms with van der Waals surface area (Å²) >= 11 is 6.56. The average Bonchev–Trinajstić information content (AvgIpc) is 3.10. The molecule has 1 saturated heterocycles. The summed E-state index contributed by atoms with van der Waals surface area (Å²) in [5.74, 6) is -0.00816. The number of imidazole rings is 1. The molecule has 1 aliphatic heterocycles. The lowest BCUT2D eigenvalue weighted by Gasteiger charge is -2.09. The second-order valence-electron chi connectivity index (χ2n) is 4.49. The predicted molar refractivity (Wildman–Crippen MR) is 89.1 cm³/mol. The van der Waals surface area contributed by atoms with Gasteiger partial charge < -0.3 is 4.57 Å². The van der Waals surface area contributed by atoms with Gasteiger partial charge in [-0.05, 0) is 30.7 Å². The van der Waals surface area contributed by atoms with Gasteiger partial charge in [0.05, 0.1) is 11.2 Å². The summed E-state index contributed by atoms with van der Waals surface area (Å²) in [6, 6.07) is 7.95. The molecule has 0 spiro atoms. The van der Waals surface area contributed by atoms with E-state index in [1.807, 2.05) is 48.0 Å². The van der Waals surface area contributed by atoms with Gasteiger partial charge in [0.1, 0.15) is 4.32 Å². The first-order valence-electron chi connectivity index (χ1n) is 6.53.